The third-order valence-corrected chi connectivity index (χ3v) is 12.6. The van der Waals surface area contributed by atoms with Crippen LogP contribution in [0, 0.1) is 0 Å². The molecule has 0 aliphatic rings. The van der Waals surface area contributed by atoms with Crippen molar-refractivity contribution >= 4 is 17.9 Å². The van der Waals surface area contributed by atoms with Crippen LogP contribution in [-0.2, 0) is 28.6 Å². The molecule has 0 aliphatic heterocycles. The normalized spacial score (nSPS) is 12.2. The van der Waals surface area contributed by atoms with Gasteiger partial charge in [0.1, 0.15) is 13.2 Å². The summed E-state index contributed by atoms with van der Waals surface area (Å²) in [6.45, 7) is 6.58. The van der Waals surface area contributed by atoms with Crippen molar-refractivity contribution in [2.45, 2.75) is 309 Å². The number of allylic oxidation sites excluding steroid dienone is 6. The van der Waals surface area contributed by atoms with E-state index in [1.807, 2.05) is 0 Å². The van der Waals surface area contributed by atoms with Crippen LogP contribution in [0.3, 0.4) is 0 Å². The Bertz CT molecular complexity index is 1090. The second kappa shape index (κ2) is 54.2. The van der Waals surface area contributed by atoms with Crippen molar-refractivity contribution < 1.29 is 28.6 Å². The average molecular weight is 914 g/mol. The predicted molar refractivity (Wildman–Crippen MR) is 279 cm³/mol. The first-order valence-corrected chi connectivity index (χ1v) is 28.5. The lowest BCUT2D eigenvalue weighted by Gasteiger charge is -2.18. The van der Waals surface area contributed by atoms with E-state index >= 15 is 0 Å². The van der Waals surface area contributed by atoms with Crippen LogP contribution >= 0.6 is 0 Å². The summed E-state index contributed by atoms with van der Waals surface area (Å²) in [6, 6.07) is 0. The van der Waals surface area contributed by atoms with E-state index < -0.39 is 6.10 Å². The van der Waals surface area contributed by atoms with Crippen LogP contribution in [0.1, 0.15) is 303 Å². The van der Waals surface area contributed by atoms with Crippen molar-refractivity contribution in [3.8, 4) is 0 Å². The monoisotopic (exact) mass is 913 g/mol. The second-order valence-electron chi connectivity index (χ2n) is 19.2. The molecule has 0 N–H and O–H groups in total. The lowest BCUT2D eigenvalue weighted by Crippen LogP contribution is -2.30. The summed E-state index contributed by atoms with van der Waals surface area (Å²) >= 11 is 0. The summed E-state index contributed by atoms with van der Waals surface area (Å²) in [4.78, 5) is 38.0. The van der Waals surface area contributed by atoms with Crippen molar-refractivity contribution in [3.63, 3.8) is 0 Å². The third-order valence-electron chi connectivity index (χ3n) is 12.6. The maximum absolute atomic E-state index is 12.8. The predicted octanol–water partition coefficient (Wildman–Crippen LogP) is 18.9. The number of ether oxygens (including phenoxy) is 3. The van der Waals surface area contributed by atoms with Gasteiger partial charge < -0.3 is 14.2 Å². The number of hydrogen-bond donors (Lipinski definition) is 0. The van der Waals surface area contributed by atoms with Crippen LogP contribution in [0.25, 0.3) is 0 Å². The van der Waals surface area contributed by atoms with Gasteiger partial charge in [-0.15, -0.1) is 0 Å². The number of unbranched alkanes of at least 4 members (excludes halogenated alkanes) is 35. The van der Waals surface area contributed by atoms with Crippen LogP contribution in [0.5, 0.6) is 0 Å². The van der Waals surface area contributed by atoms with E-state index in [4.69, 9.17) is 14.2 Å². The molecule has 0 fully saturated rings. The van der Waals surface area contributed by atoms with Gasteiger partial charge in [-0.1, -0.05) is 231 Å². The first-order chi connectivity index (χ1) is 32.0. The molecule has 6 heteroatoms. The Morgan fingerprint density at radius 1 is 0.292 bits per heavy atom. The second-order valence-corrected chi connectivity index (χ2v) is 19.2. The Morgan fingerprint density at radius 3 is 0.831 bits per heavy atom. The van der Waals surface area contributed by atoms with E-state index in [1.165, 1.54) is 186 Å². The van der Waals surface area contributed by atoms with Crippen LogP contribution in [0.15, 0.2) is 36.5 Å². The van der Waals surface area contributed by atoms with E-state index in [1.54, 1.807) is 0 Å². The van der Waals surface area contributed by atoms with E-state index in [2.05, 4.69) is 57.2 Å². The van der Waals surface area contributed by atoms with Gasteiger partial charge in [0.15, 0.2) is 6.10 Å². The molecule has 0 heterocycles. The highest BCUT2D eigenvalue weighted by atomic mass is 16.6. The smallest absolute Gasteiger partial charge is 0.306 e. The molecule has 6 nitrogen and oxygen atoms in total. The number of carbonyl (C=O) groups excluding carboxylic acids is 3. The fourth-order valence-corrected chi connectivity index (χ4v) is 8.26. The minimum Gasteiger partial charge on any atom is -0.462 e. The van der Waals surface area contributed by atoms with Gasteiger partial charge >= 0.3 is 17.9 Å². The van der Waals surface area contributed by atoms with Gasteiger partial charge in [-0.05, 0) is 89.9 Å². The lowest BCUT2D eigenvalue weighted by molar-refractivity contribution is -0.167. The Balaban J connectivity index is 4.22. The average Bonchev–Trinajstić information content (AvgIpc) is 3.30. The van der Waals surface area contributed by atoms with Crippen molar-refractivity contribution in [2.24, 2.45) is 0 Å². The molecule has 0 rings (SSSR count). The zero-order valence-electron chi connectivity index (χ0n) is 43.5. The molecular formula is C59H108O6. The molecule has 0 aromatic carbocycles. The van der Waals surface area contributed by atoms with Crippen LogP contribution in [0.2, 0.25) is 0 Å². The standard InChI is InChI=1S/C59H108O6/c1-4-7-10-13-16-19-22-24-26-27-28-29-30-31-32-33-34-36-37-40-43-46-49-52-58(61)64-55-56(54-63-57(60)51-48-45-42-39-21-18-15-12-9-6-3)65-59(62)53-50-47-44-41-38-35-25-23-20-17-14-11-8-5-2/h12,15,23,25,27-28,56H,4-11,13-14,16-22,24,26,29-55H2,1-3H3/b15-12-,25-23-,28-27-. The molecule has 1 unspecified atom stereocenters. The van der Waals surface area contributed by atoms with E-state index in [0.717, 1.165) is 77.0 Å². The fraction of sp³-hybridized carbons (Fsp3) is 0.847. The fourth-order valence-electron chi connectivity index (χ4n) is 8.26. The number of carbonyl (C=O) groups is 3. The highest BCUT2D eigenvalue weighted by molar-refractivity contribution is 5.71. The highest BCUT2D eigenvalue weighted by Crippen LogP contribution is 2.16. The molecule has 0 saturated heterocycles. The molecule has 0 radical (unpaired) electrons. The lowest BCUT2D eigenvalue weighted by atomic mass is 10.0. The number of hydrogen-bond acceptors (Lipinski definition) is 6. The SMILES string of the molecule is CCC/C=C\CCCCCCCC(=O)OCC(COC(=O)CCCCCCCCCCCCC/C=C\CCCCCCCCCC)OC(=O)CCCCCCC/C=C\CCCCCCC. The maximum Gasteiger partial charge on any atom is 0.306 e. The molecule has 380 valence electrons. The van der Waals surface area contributed by atoms with E-state index in [9.17, 15) is 14.4 Å². The number of rotatable bonds is 52. The topological polar surface area (TPSA) is 78.9 Å². The summed E-state index contributed by atoms with van der Waals surface area (Å²) in [5.74, 6) is -0.885. The molecule has 0 aliphatic carbocycles. The molecule has 0 aromatic rings. The minimum absolute atomic E-state index is 0.0765. The maximum atomic E-state index is 12.8. The van der Waals surface area contributed by atoms with Crippen LogP contribution < -0.4 is 0 Å². The molecule has 0 bridgehead atoms. The van der Waals surface area contributed by atoms with Gasteiger partial charge in [-0.2, -0.15) is 0 Å². The van der Waals surface area contributed by atoms with E-state index in [-0.39, 0.29) is 31.1 Å². The zero-order chi connectivity index (χ0) is 47.2. The van der Waals surface area contributed by atoms with Crippen LogP contribution in [-0.4, -0.2) is 37.2 Å². The summed E-state index contributed by atoms with van der Waals surface area (Å²) < 4.78 is 16.8. The van der Waals surface area contributed by atoms with Gasteiger partial charge in [-0.3, -0.25) is 14.4 Å². The van der Waals surface area contributed by atoms with Gasteiger partial charge in [0.2, 0.25) is 0 Å². The van der Waals surface area contributed by atoms with Crippen molar-refractivity contribution in [1.82, 2.24) is 0 Å². The number of esters is 3. The molecule has 0 saturated carbocycles. The minimum atomic E-state index is -0.777. The Hall–Kier alpha value is -2.37. The first kappa shape index (κ1) is 62.6. The molecule has 0 spiro atoms. The Labute approximate surface area is 404 Å². The first-order valence-electron chi connectivity index (χ1n) is 28.5. The third kappa shape index (κ3) is 52.5. The molecular weight excluding hydrogens is 805 g/mol. The molecule has 0 aromatic heterocycles. The van der Waals surface area contributed by atoms with Gasteiger partial charge in [0.05, 0.1) is 0 Å². The largest absolute Gasteiger partial charge is 0.462 e. The summed E-state index contributed by atoms with van der Waals surface area (Å²) in [5, 5.41) is 0. The van der Waals surface area contributed by atoms with Gasteiger partial charge in [0, 0.05) is 19.3 Å². The van der Waals surface area contributed by atoms with Gasteiger partial charge in [0.25, 0.3) is 0 Å². The molecule has 65 heavy (non-hydrogen) atoms. The summed E-state index contributed by atoms with van der Waals surface area (Å²) in [6.07, 6.45) is 64.3. The van der Waals surface area contributed by atoms with E-state index in [0.29, 0.717) is 19.3 Å². The highest BCUT2D eigenvalue weighted by Gasteiger charge is 2.19. The Kier molecular flexibility index (Phi) is 52.3. The van der Waals surface area contributed by atoms with Crippen molar-refractivity contribution in [2.75, 3.05) is 13.2 Å². The quantitative estimate of drug-likeness (QED) is 0.0262. The van der Waals surface area contributed by atoms with Crippen molar-refractivity contribution in [1.29, 1.82) is 0 Å². The Morgan fingerprint density at radius 2 is 0.538 bits per heavy atom. The molecule has 1 atom stereocenters. The zero-order valence-corrected chi connectivity index (χ0v) is 43.5. The van der Waals surface area contributed by atoms with Gasteiger partial charge in [-0.25, -0.2) is 0 Å². The molecule has 0 amide bonds. The summed E-state index contributed by atoms with van der Waals surface area (Å²) in [5.41, 5.74) is 0. The van der Waals surface area contributed by atoms with Crippen LogP contribution in [0.4, 0.5) is 0 Å². The summed E-state index contributed by atoms with van der Waals surface area (Å²) in [7, 11) is 0. The van der Waals surface area contributed by atoms with Crippen molar-refractivity contribution in [3.05, 3.63) is 36.5 Å².